The molecular formula is C17H22FN5O. The molecule has 24 heavy (non-hydrogen) atoms. The number of rotatable bonds is 0. The molecule has 0 saturated carbocycles. The molecule has 0 aliphatic carbocycles. The quantitative estimate of drug-likeness (QED) is 0.789. The Bertz CT molecular complexity index is 893. The molecule has 4 heterocycles. The predicted molar refractivity (Wildman–Crippen MR) is 93.4 cm³/mol. The summed E-state index contributed by atoms with van der Waals surface area (Å²) in [7, 11) is 3.81. The van der Waals surface area contributed by atoms with Gasteiger partial charge >= 0.3 is 0 Å². The van der Waals surface area contributed by atoms with Crippen molar-refractivity contribution < 1.29 is 4.39 Å². The molecule has 2 aliphatic rings. The molecule has 2 unspecified atom stereocenters. The van der Waals surface area contributed by atoms with Crippen molar-refractivity contribution >= 4 is 22.4 Å². The average Bonchev–Trinajstić information content (AvgIpc) is 2.55. The lowest BCUT2D eigenvalue weighted by Crippen LogP contribution is -2.60. The van der Waals surface area contributed by atoms with Gasteiger partial charge in [-0.15, -0.1) is 0 Å². The molecule has 1 saturated heterocycles. The lowest BCUT2D eigenvalue weighted by atomic mass is 10.0. The van der Waals surface area contributed by atoms with Gasteiger partial charge in [0.05, 0.1) is 17.4 Å². The van der Waals surface area contributed by atoms with Crippen molar-refractivity contribution in [3.05, 3.63) is 27.9 Å². The molecule has 0 bridgehead atoms. The standard InChI is InChI=1S/C17H22FN5O/c1-9-7-23-11(8-21(9)3)6-19-14-15(23)12-5-13(18)10(2)20-16(12)22(4)17(14)24/h5,9,11,19H,6-8H2,1-4H3. The lowest BCUT2D eigenvalue weighted by Gasteiger charge is -2.48. The molecule has 0 amide bonds. The zero-order chi connectivity index (χ0) is 17.2. The Morgan fingerprint density at radius 3 is 2.83 bits per heavy atom. The molecule has 2 aromatic heterocycles. The van der Waals surface area contributed by atoms with E-state index in [9.17, 15) is 9.18 Å². The molecule has 1 fully saturated rings. The fourth-order valence-corrected chi connectivity index (χ4v) is 3.81. The van der Waals surface area contributed by atoms with E-state index in [2.05, 4.69) is 34.1 Å². The summed E-state index contributed by atoms with van der Waals surface area (Å²) >= 11 is 0. The number of nitrogens with one attached hydrogen (secondary N) is 1. The fraction of sp³-hybridized carbons (Fsp3) is 0.529. The van der Waals surface area contributed by atoms with E-state index in [1.165, 1.54) is 10.6 Å². The lowest BCUT2D eigenvalue weighted by molar-refractivity contribution is 0.202. The van der Waals surface area contributed by atoms with Gasteiger partial charge in [0, 0.05) is 38.1 Å². The summed E-state index contributed by atoms with van der Waals surface area (Å²) in [6.07, 6.45) is 0. The van der Waals surface area contributed by atoms with Crippen molar-refractivity contribution in [3.63, 3.8) is 0 Å². The Labute approximate surface area is 139 Å². The number of hydrogen-bond donors (Lipinski definition) is 1. The number of aromatic nitrogens is 2. The number of anilines is 2. The molecule has 0 aromatic carbocycles. The highest BCUT2D eigenvalue weighted by Gasteiger charge is 2.36. The highest BCUT2D eigenvalue weighted by molar-refractivity contribution is 5.98. The van der Waals surface area contributed by atoms with E-state index in [0.29, 0.717) is 35.0 Å². The van der Waals surface area contributed by atoms with Crippen LogP contribution in [0.15, 0.2) is 10.9 Å². The molecule has 0 radical (unpaired) electrons. The van der Waals surface area contributed by atoms with Gasteiger partial charge in [-0.1, -0.05) is 0 Å². The fourth-order valence-electron chi connectivity index (χ4n) is 3.81. The van der Waals surface area contributed by atoms with E-state index in [-0.39, 0.29) is 17.4 Å². The van der Waals surface area contributed by atoms with Gasteiger partial charge in [-0.05, 0) is 27.0 Å². The summed E-state index contributed by atoms with van der Waals surface area (Å²) in [5.74, 6) is -0.340. The van der Waals surface area contributed by atoms with Gasteiger partial charge in [0.1, 0.15) is 17.2 Å². The normalized spacial score (nSPS) is 23.8. The average molecular weight is 331 g/mol. The number of likely N-dealkylation sites (N-methyl/N-ethyl adjacent to an activating group) is 1. The van der Waals surface area contributed by atoms with E-state index < -0.39 is 0 Å². The molecule has 2 atom stereocenters. The van der Waals surface area contributed by atoms with Crippen LogP contribution in [0.1, 0.15) is 12.6 Å². The molecule has 2 aliphatic heterocycles. The second-order valence-electron chi connectivity index (χ2n) is 6.99. The third-order valence-corrected chi connectivity index (χ3v) is 5.41. The largest absolute Gasteiger partial charge is 0.377 e. The van der Waals surface area contributed by atoms with Crippen LogP contribution in [0.4, 0.5) is 15.8 Å². The number of nitrogens with zero attached hydrogens (tertiary/aromatic N) is 4. The highest BCUT2D eigenvalue weighted by atomic mass is 19.1. The molecule has 6 nitrogen and oxygen atoms in total. The topological polar surface area (TPSA) is 53.4 Å². The van der Waals surface area contributed by atoms with Crippen molar-refractivity contribution in [2.75, 3.05) is 36.9 Å². The summed E-state index contributed by atoms with van der Waals surface area (Å²) < 4.78 is 15.7. The first-order valence-corrected chi connectivity index (χ1v) is 8.29. The maximum Gasteiger partial charge on any atom is 0.277 e. The number of piperazine rings is 1. The second kappa shape index (κ2) is 5.17. The van der Waals surface area contributed by atoms with Gasteiger partial charge in [0.2, 0.25) is 0 Å². The van der Waals surface area contributed by atoms with E-state index in [1.807, 2.05) is 0 Å². The van der Waals surface area contributed by atoms with Crippen molar-refractivity contribution in [1.29, 1.82) is 0 Å². The highest BCUT2D eigenvalue weighted by Crippen LogP contribution is 2.37. The molecule has 1 N–H and O–H groups in total. The van der Waals surface area contributed by atoms with Crippen molar-refractivity contribution in [3.8, 4) is 0 Å². The minimum Gasteiger partial charge on any atom is -0.377 e. The van der Waals surface area contributed by atoms with E-state index in [4.69, 9.17) is 0 Å². The van der Waals surface area contributed by atoms with Crippen LogP contribution in [0.5, 0.6) is 0 Å². The molecule has 2 aromatic rings. The van der Waals surface area contributed by atoms with Gasteiger partial charge in [0.15, 0.2) is 0 Å². The smallest absolute Gasteiger partial charge is 0.277 e. The Morgan fingerprint density at radius 2 is 2.08 bits per heavy atom. The summed E-state index contributed by atoms with van der Waals surface area (Å²) in [6, 6.07) is 2.15. The Kier molecular flexibility index (Phi) is 3.32. The molecule has 4 rings (SSSR count). The van der Waals surface area contributed by atoms with Crippen LogP contribution in [-0.2, 0) is 7.05 Å². The zero-order valence-electron chi connectivity index (χ0n) is 14.4. The Morgan fingerprint density at radius 1 is 1.33 bits per heavy atom. The summed E-state index contributed by atoms with van der Waals surface area (Å²) in [4.78, 5) is 21.7. The van der Waals surface area contributed by atoms with Crippen LogP contribution < -0.4 is 15.8 Å². The van der Waals surface area contributed by atoms with Crippen LogP contribution in [0.2, 0.25) is 0 Å². The van der Waals surface area contributed by atoms with Crippen molar-refractivity contribution in [1.82, 2.24) is 14.5 Å². The van der Waals surface area contributed by atoms with Crippen LogP contribution in [0, 0.1) is 12.7 Å². The predicted octanol–water partition coefficient (Wildman–Crippen LogP) is 1.32. The Balaban J connectivity index is 2.02. The molecular weight excluding hydrogens is 309 g/mol. The first-order valence-electron chi connectivity index (χ1n) is 8.29. The molecule has 7 heteroatoms. The van der Waals surface area contributed by atoms with Gasteiger partial charge in [-0.2, -0.15) is 0 Å². The first-order chi connectivity index (χ1) is 11.4. The maximum atomic E-state index is 14.2. The number of halogens is 1. The minimum absolute atomic E-state index is 0.110. The minimum atomic E-state index is -0.340. The number of fused-ring (bicyclic) bond motifs is 5. The van der Waals surface area contributed by atoms with Gasteiger partial charge in [-0.3, -0.25) is 14.3 Å². The Hall–Kier alpha value is -2.15. The van der Waals surface area contributed by atoms with Crippen LogP contribution in [0.25, 0.3) is 11.0 Å². The number of pyridine rings is 2. The third-order valence-electron chi connectivity index (χ3n) is 5.41. The zero-order valence-corrected chi connectivity index (χ0v) is 14.4. The van der Waals surface area contributed by atoms with Crippen molar-refractivity contribution in [2.45, 2.75) is 25.9 Å². The van der Waals surface area contributed by atoms with E-state index in [0.717, 1.165) is 18.8 Å². The molecule has 0 spiro atoms. The van der Waals surface area contributed by atoms with E-state index >= 15 is 0 Å². The third kappa shape index (κ3) is 2.04. The first kappa shape index (κ1) is 15.4. The van der Waals surface area contributed by atoms with Crippen molar-refractivity contribution in [2.24, 2.45) is 7.05 Å². The van der Waals surface area contributed by atoms with Gasteiger partial charge in [-0.25, -0.2) is 9.37 Å². The summed E-state index contributed by atoms with van der Waals surface area (Å²) in [5, 5.41) is 3.98. The SMILES string of the molecule is Cc1nc2c(cc1F)c1c(c(=O)n2C)NCC2CN(C)C(C)CN12. The van der Waals surface area contributed by atoms with Crippen LogP contribution in [-0.4, -0.2) is 53.2 Å². The van der Waals surface area contributed by atoms with Crippen LogP contribution in [0.3, 0.4) is 0 Å². The van der Waals surface area contributed by atoms with E-state index in [1.54, 1.807) is 14.0 Å². The molecule has 128 valence electrons. The van der Waals surface area contributed by atoms with Gasteiger partial charge in [0.25, 0.3) is 5.56 Å². The van der Waals surface area contributed by atoms with Crippen LogP contribution >= 0.6 is 0 Å². The monoisotopic (exact) mass is 331 g/mol. The second-order valence-corrected chi connectivity index (χ2v) is 6.99. The maximum absolute atomic E-state index is 14.2. The number of hydrogen-bond acceptors (Lipinski definition) is 5. The van der Waals surface area contributed by atoms with Gasteiger partial charge < -0.3 is 10.2 Å². The summed E-state index contributed by atoms with van der Waals surface area (Å²) in [5.41, 5.74) is 2.09. The number of aryl methyl sites for hydroxylation is 2. The summed E-state index contributed by atoms with van der Waals surface area (Å²) in [6.45, 7) is 6.23.